The van der Waals surface area contributed by atoms with Crippen LogP contribution in [0.5, 0.6) is 0 Å². The molecule has 1 fully saturated rings. The third-order valence-corrected chi connectivity index (χ3v) is 9.45. The van der Waals surface area contributed by atoms with E-state index in [1.807, 2.05) is 30.3 Å². The zero-order chi connectivity index (χ0) is 32.5. The summed E-state index contributed by atoms with van der Waals surface area (Å²) in [5.74, 6) is 0.932. The molecule has 0 unspecified atom stereocenters. The lowest BCUT2D eigenvalue weighted by Crippen LogP contribution is -2.48. The van der Waals surface area contributed by atoms with Crippen LogP contribution >= 0.6 is 11.6 Å². The Bertz CT molecular complexity index is 1380. The van der Waals surface area contributed by atoms with Crippen LogP contribution in [0.1, 0.15) is 114 Å². The van der Waals surface area contributed by atoms with E-state index in [4.69, 9.17) is 11.6 Å². The molecular formula is C38H53ClN4O2. The van der Waals surface area contributed by atoms with E-state index in [9.17, 15) is 9.59 Å². The third-order valence-electron chi connectivity index (χ3n) is 9.08. The molecule has 0 bridgehead atoms. The number of hydrogen-bond acceptors (Lipinski definition) is 2. The van der Waals surface area contributed by atoms with Crippen LogP contribution in [0, 0.1) is 5.92 Å². The highest BCUT2D eigenvalue weighted by Gasteiger charge is 2.29. The Kier molecular flexibility index (Phi) is 12.6. The van der Waals surface area contributed by atoms with Crippen LogP contribution in [0.4, 0.5) is 10.5 Å². The summed E-state index contributed by atoms with van der Waals surface area (Å²) < 4.78 is 2.18. The van der Waals surface area contributed by atoms with Crippen LogP contribution in [0.15, 0.2) is 60.8 Å². The van der Waals surface area contributed by atoms with Crippen LogP contribution < -0.4 is 5.32 Å². The molecule has 45 heavy (non-hydrogen) atoms. The van der Waals surface area contributed by atoms with Gasteiger partial charge in [0.1, 0.15) is 6.54 Å². The monoisotopic (exact) mass is 632 g/mol. The zero-order valence-electron chi connectivity index (χ0n) is 28.2. The second-order valence-electron chi connectivity index (χ2n) is 13.7. The first-order chi connectivity index (χ1) is 21.5. The van der Waals surface area contributed by atoms with Gasteiger partial charge in [0.15, 0.2) is 0 Å². The first kappa shape index (κ1) is 34.6. The number of benzene rings is 2. The lowest BCUT2D eigenvalue weighted by atomic mass is 9.92. The van der Waals surface area contributed by atoms with Gasteiger partial charge in [-0.2, -0.15) is 0 Å². The lowest BCUT2D eigenvalue weighted by Gasteiger charge is -2.36. The molecule has 3 aromatic rings. The summed E-state index contributed by atoms with van der Waals surface area (Å²) in [4.78, 5) is 32.2. The van der Waals surface area contributed by atoms with Crippen molar-refractivity contribution in [2.75, 3.05) is 18.4 Å². The number of halogens is 1. The van der Waals surface area contributed by atoms with Gasteiger partial charge in [0.05, 0.1) is 6.54 Å². The maximum absolute atomic E-state index is 14.3. The Labute approximate surface area is 276 Å². The van der Waals surface area contributed by atoms with E-state index >= 15 is 0 Å². The van der Waals surface area contributed by atoms with E-state index in [1.54, 1.807) is 4.90 Å². The minimum Gasteiger partial charge on any atom is -0.345 e. The standard InChI is InChI=1S/C38H53ClN4O2/c1-27(2)21-23-42(38(45)40-37-33(28(3)4)18-12-19-34(37)29(5)6)26-36(44)43(31-15-8-7-9-16-31)25-32-17-13-22-41(32)24-30-14-10-11-20-35(30)39/h10-14,17-20,22,27-29,31H,7-9,15-16,21,23-26H2,1-6H3,(H,40,45). The minimum atomic E-state index is -0.204. The zero-order valence-corrected chi connectivity index (χ0v) is 28.9. The van der Waals surface area contributed by atoms with E-state index < -0.39 is 0 Å². The van der Waals surface area contributed by atoms with Gasteiger partial charge in [-0.05, 0) is 71.9 Å². The summed E-state index contributed by atoms with van der Waals surface area (Å²) in [7, 11) is 0. The lowest BCUT2D eigenvalue weighted by molar-refractivity contribution is -0.135. The number of anilines is 1. The Balaban J connectivity index is 1.59. The highest BCUT2D eigenvalue weighted by Crippen LogP contribution is 2.33. The van der Waals surface area contributed by atoms with Crippen molar-refractivity contribution in [1.29, 1.82) is 0 Å². The largest absolute Gasteiger partial charge is 0.345 e. The number of nitrogens with zero attached hydrogens (tertiary/aromatic N) is 3. The number of carbonyl (C=O) groups excluding carboxylic acids is 2. The fourth-order valence-electron chi connectivity index (χ4n) is 6.35. The number of para-hydroxylation sites is 1. The molecule has 1 N–H and O–H groups in total. The predicted molar refractivity (Wildman–Crippen MR) is 187 cm³/mol. The smallest absolute Gasteiger partial charge is 0.322 e. The van der Waals surface area contributed by atoms with Gasteiger partial charge in [0.2, 0.25) is 5.91 Å². The molecule has 0 spiro atoms. The normalized spacial score (nSPS) is 13.9. The minimum absolute atomic E-state index is 0.00697. The van der Waals surface area contributed by atoms with Crippen molar-refractivity contribution in [3.05, 3.63) is 88.2 Å². The van der Waals surface area contributed by atoms with E-state index in [0.29, 0.717) is 25.6 Å². The van der Waals surface area contributed by atoms with Gasteiger partial charge < -0.3 is 19.7 Å². The van der Waals surface area contributed by atoms with Crippen LogP contribution in [0.25, 0.3) is 0 Å². The number of amides is 3. The molecule has 1 heterocycles. The van der Waals surface area contributed by atoms with Crippen molar-refractivity contribution in [2.24, 2.45) is 5.92 Å². The molecule has 2 aromatic carbocycles. The summed E-state index contributed by atoms with van der Waals surface area (Å²) in [5.41, 5.74) is 5.24. The van der Waals surface area contributed by atoms with Gasteiger partial charge in [0.25, 0.3) is 0 Å². The quantitative estimate of drug-likeness (QED) is 0.204. The molecule has 244 valence electrons. The summed E-state index contributed by atoms with van der Waals surface area (Å²) in [6.07, 6.45) is 8.32. The number of nitrogens with one attached hydrogen (secondary N) is 1. The van der Waals surface area contributed by atoms with Gasteiger partial charge in [-0.1, -0.05) is 109 Å². The van der Waals surface area contributed by atoms with Crippen molar-refractivity contribution in [3.63, 3.8) is 0 Å². The summed E-state index contributed by atoms with van der Waals surface area (Å²) in [5, 5.41) is 4.02. The number of hydrogen-bond donors (Lipinski definition) is 1. The number of aromatic nitrogens is 1. The van der Waals surface area contributed by atoms with Crippen LogP contribution in [0.3, 0.4) is 0 Å². The number of urea groups is 1. The first-order valence-electron chi connectivity index (χ1n) is 16.9. The van der Waals surface area contributed by atoms with Crippen LogP contribution in [0.2, 0.25) is 5.02 Å². The Morgan fingerprint density at radius 2 is 1.56 bits per heavy atom. The Morgan fingerprint density at radius 3 is 2.18 bits per heavy atom. The van der Waals surface area contributed by atoms with Gasteiger partial charge in [-0.15, -0.1) is 0 Å². The molecule has 7 heteroatoms. The van der Waals surface area contributed by atoms with Crippen LogP contribution in [-0.2, 0) is 17.9 Å². The van der Waals surface area contributed by atoms with Gasteiger partial charge in [-0.3, -0.25) is 4.79 Å². The van der Waals surface area contributed by atoms with Crippen LogP contribution in [-0.4, -0.2) is 45.4 Å². The second-order valence-corrected chi connectivity index (χ2v) is 14.1. The van der Waals surface area contributed by atoms with Gasteiger partial charge in [-0.25, -0.2) is 4.79 Å². The SMILES string of the molecule is CC(C)CCN(CC(=O)N(Cc1cccn1Cc1ccccc1Cl)C1CCCCC1)C(=O)Nc1c(C(C)C)cccc1C(C)C. The molecule has 6 nitrogen and oxygen atoms in total. The van der Waals surface area contributed by atoms with Crippen molar-refractivity contribution >= 4 is 29.2 Å². The molecule has 4 rings (SSSR count). The molecule has 0 atom stereocenters. The fourth-order valence-corrected chi connectivity index (χ4v) is 6.54. The van der Waals surface area contributed by atoms with E-state index in [0.717, 1.165) is 65.2 Å². The number of carbonyl (C=O) groups is 2. The maximum Gasteiger partial charge on any atom is 0.322 e. The fraction of sp³-hybridized carbons (Fsp3) is 0.526. The highest BCUT2D eigenvalue weighted by atomic mass is 35.5. The van der Waals surface area contributed by atoms with Gasteiger partial charge in [0, 0.05) is 41.7 Å². The van der Waals surface area contributed by atoms with E-state index in [-0.39, 0.29) is 36.4 Å². The average molecular weight is 633 g/mol. The molecular weight excluding hydrogens is 580 g/mol. The van der Waals surface area contributed by atoms with Crippen molar-refractivity contribution in [2.45, 2.75) is 111 Å². The Hall–Kier alpha value is -3.25. The first-order valence-corrected chi connectivity index (χ1v) is 17.3. The molecule has 1 saturated carbocycles. The molecule has 1 aromatic heterocycles. The van der Waals surface area contributed by atoms with Crippen molar-refractivity contribution < 1.29 is 9.59 Å². The van der Waals surface area contributed by atoms with Crippen molar-refractivity contribution in [3.8, 4) is 0 Å². The third kappa shape index (κ3) is 9.38. The maximum atomic E-state index is 14.3. The summed E-state index contributed by atoms with van der Waals surface area (Å²) in [6, 6.07) is 18.3. The molecule has 0 radical (unpaired) electrons. The highest BCUT2D eigenvalue weighted by molar-refractivity contribution is 6.31. The second kappa shape index (κ2) is 16.4. The van der Waals surface area contributed by atoms with Gasteiger partial charge >= 0.3 is 6.03 Å². The molecule has 1 aliphatic carbocycles. The predicted octanol–water partition coefficient (Wildman–Crippen LogP) is 9.68. The summed E-state index contributed by atoms with van der Waals surface area (Å²) >= 11 is 6.50. The number of rotatable bonds is 13. The topological polar surface area (TPSA) is 57.6 Å². The average Bonchev–Trinajstić information content (AvgIpc) is 3.45. The Morgan fingerprint density at radius 1 is 0.889 bits per heavy atom. The van der Waals surface area contributed by atoms with E-state index in [1.165, 1.54) is 6.42 Å². The molecule has 0 saturated heterocycles. The molecule has 0 aliphatic heterocycles. The van der Waals surface area contributed by atoms with E-state index in [2.05, 4.69) is 86.8 Å². The summed E-state index contributed by atoms with van der Waals surface area (Å²) in [6.45, 7) is 14.7. The molecule has 3 amide bonds. The van der Waals surface area contributed by atoms with Crippen molar-refractivity contribution in [1.82, 2.24) is 14.4 Å². The molecule has 1 aliphatic rings.